The second-order valence-corrected chi connectivity index (χ2v) is 30.9. The molecule has 9 rings (SSSR count). The maximum Gasteiger partial charge on any atom is 0.261 e. The molecule has 12 nitrogen and oxygen atoms in total. The van der Waals surface area contributed by atoms with Gasteiger partial charge in [-0.05, 0) is 95.5 Å². The van der Waals surface area contributed by atoms with E-state index < -0.39 is 34.8 Å². The van der Waals surface area contributed by atoms with Gasteiger partial charge in [-0.25, -0.2) is 15.0 Å². The molecular weight excluding hydrogens is 957 g/mol. The molecule has 14 heteroatoms. The number of nitrogens with zero attached hydrogens (tertiary/aromatic N) is 4. The zero-order valence-electron chi connectivity index (χ0n) is 44.4. The van der Waals surface area contributed by atoms with Gasteiger partial charge in [0.25, 0.3) is 22.5 Å². The minimum Gasteiger partial charge on any atom is -0.407 e. The number of fused-ring (bicyclic) bond motifs is 2. The van der Waals surface area contributed by atoms with Gasteiger partial charge in [-0.15, -0.1) is 0 Å². The Morgan fingerprint density at radius 1 is 0.649 bits per heavy atom. The topological polar surface area (TPSA) is 131 Å². The van der Waals surface area contributed by atoms with Crippen LogP contribution in [0.5, 0.6) is 0 Å². The fourth-order valence-corrected chi connectivity index (χ4v) is 20.5. The number of ether oxygens (including phenoxy) is 3. The molecular formula is C60H74N6O6Si2. The third-order valence-corrected chi connectivity index (χ3v) is 24.9. The largest absolute Gasteiger partial charge is 0.407 e. The summed E-state index contributed by atoms with van der Waals surface area (Å²) >= 11 is 0. The molecule has 1 unspecified atom stereocenters. The highest BCUT2D eigenvalue weighted by molar-refractivity contribution is 7.00. The van der Waals surface area contributed by atoms with Crippen molar-refractivity contribution in [2.75, 3.05) is 25.1 Å². The third kappa shape index (κ3) is 11.1. The van der Waals surface area contributed by atoms with Crippen LogP contribution in [0.1, 0.15) is 104 Å². The number of aromatic nitrogens is 4. The zero-order valence-corrected chi connectivity index (χ0v) is 46.4. The standard InChI is InChI=1S/C60H74N6O6Si2/c1-58(2,3)73(46-28-16-10-17-29-46,47-30-18-11-19-31-47)68-40-25-24-39-61-45(38-41-69-74(59(4,5)6,48-32-20-12-21-33-48)49-34-22-13-23-35-49)36-37-50-52-53(72-60(7,8)71-52)57(70-50)66-43-64-51-54(62-42-63-55(51)66)65-56(67)44-26-14-9-15-27-44/h9-23,26-35,42-43,45,50,52-53,57,61H,24-25,36-41H2,1-8H3,(H,62,63,65,67)/t45?,50-,52-,53-,57-/m1/s1. The van der Waals surface area contributed by atoms with Gasteiger partial charge < -0.3 is 33.7 Å². The van der Waals surface area contributed by atoms with Crippen LogP contribution in [0.3, 0.4) is 0 Å². The Hall–Kier alpha value is -5.69. The van der Waals surface area contributed by atoms with Crippen LogP contribution in [-0.2, 0) is 23.1 Å². The molecule has 2 aliphatic rings. The predicted molar refractivity (Wildman–Crippen MR) is 299 cm³/mol. The highest BCUT2D eigenvalue weighted by Gasteiger charge is 2.56. The third-order valence-electron chi connectivity index (χ3n) is 14.8. The van der Waals surface area contributed by atoms with Gasteiger partial charge in [0.2, 0.25) is 0 Å². The van der Waals surface area contributed by atoms with Crippen LogP contribution in [0.25, 0.3) is 11.2 Å². The summed E-state index contributed by atoms with van der Waals surface area (Å²) in [5.74, 6) is -0.787. The molecule has 388 valence electrons. The molecule has 2 fully saturated rings. The van der Waals surface area contributed by atoms with Gasteiger partial charge in [0.05, 0.1) is 12.4 Å². The molecule has 7 aromatic rings. The van der Waals surface area contributed by atoms with Gasteiger partial charge in [-0.2, -0.15) is 0 Å². The van der Waals surface area contributed by atoms with Crippen LogP contribution in [-0.4, -0.2) is 92.0 Å². The van der Waals surface area contributed by atoms with Gasteiger partial charge in [0.1, 0.15) is 18.5 Å². The smallest absolute Gasteiger partial charge is 0.261 e. The van der Waals surface area contributed by atoms with Crippen molar-refractivity contribution in [3.63, 3.8) is 0 Å². The summed E-state index contributed by atoms with van der Waals surface area (Å²) in [5.41, 5.74) is 1.51. The van der Waals surface area contributed by atoms with Crippen molar-refractivity contribution in [1.29, 1.82) is 0 Å². The summed E-state index contributed by atoms with van der Waals surface area (Å²) in [5, 5.41) is 11.8. The summed E-state index contributed by atoms with van der Waals surface area (Å²) in [6.07, 6.45) is 5.70. The monoisotopic (exact) mass is 1030 g/mol. The molecule has 74 heavy (non-hydrogen) atoms. The highest BCUT2D eigenvalue weighted by atomic mass is 28.4. The lowest BCUT2D eigenvalue weighted by molar-refractivity contribution is -0.197. The average Bonchev–Trinajstić information content (AvgIpc) is 4.08. The lowest BCUT2D eigenvalue weighted by Crippen LogP contribution is -2.66. The fraction of sp³-hybridized carbons (Fsp3) is 0.400. The van der Waals surface area contributed by atoms with Crippen molar-refractivity contribution in [1.82, 2.24) is 24.8 Å². The molecule has 0 radical (unpaired) electrons. The summed E-state index contributed by atoms with van der Waals surface area (Å²) < 4.78 is 36.9. The molecule has 5 atom stereocenters. The van der Waals surface area contributed by atoms with E-state index >= 15 is 0 Å². The van der Waals surface area contributed by atoms with E-state index in [4.69, 9.17) is 28.0 Å². The first-order chi connectivity index (χ1) is 35.6. The molecule has 2 aliphatic heterocycles. The van der Waals surface area contributed by atoms with Crippen LogP contribution >= 0.6 is 0 Å². The van der Waals surface area contributed by atoms with E-state index in [0.717, 1.165) is 32.2 Å². The normalized spacial score (nSPS) is 19.4. The second kappa shape index (κ2) is 22.7. The van der Waals surface area contributed by atoms with E-state index in [-0.39, 0.29) is 34.2 Å². The van der Waals surface area contributed by atoms with E-state index in [1.54, 1.807) is 18.5 Å². The molecule has 2 aromatic heterocycles. The Morgan fingerprint density at radius 2 is 1.15 bits per heavy atom. The van der Waals surface area contributed by atoms with Crippen molar-refractivity contribution >= 4 is 60.3 Å². The molecule has 2 saturated heterocycles. The first-order valence-corrected chi connectivity index (χ1v) is 30.2. The van der Waals surface area contributed by atoms with Gasteiger partial charge in [0.15, 0.2) is 29.0 Å². The molecule has 2 N–H and O–H groups in total. The number of imidazole rings is 1. The molecule has 0 aliphatic carbocycles. The number of hydrogen-bond acceptors (Lipinski definition) is 10. The first-order valence-electron chi connectivity index (χ1n) is 26.4. The van der Waals surface area contributed by atoms with E-state index in [1.165, 1.54) is 27.1 Å². The second-order valence-electron chi connectivity index (χ2n) is 22.2. The number of carbonyl (C=O) groups excluding carboxylic acids is 1. The summed E-state index contributed by atoms with van der Waals surface area (Å²) in [6, 6.07) is 52.6. The van der Waals surface area contributed by atoms with Gasteiger partial charge in [-0.1, -0.05) is 181 Å². The summed E-state index contributed by atoms with van der Waals surface area (Å²) in [7, 11) is -5.42. The first kappa shape index (κ1) is 53.2. The number of benzene rings is 5. The lowest BCUT2D eigenvalue weighted by Gasteiger charge is -2.43. The van der Waals surface area contributed by atoms with Gasteiger partial charge in [0, 0.05) is 24.8 Å². The number of nitrogens with one attached hydrogen (secondary N) is 2. The van der Waals surface area contributed by atoms with Gasteiger partial charge in [-0.3, -0.25) is 9.36 Å². The number of anilines is 1. The maximum atomic E-state index is 13.2. The number of amides is 1. The van der Waals surface area contributed by atoms with E-state index in [2.05, 4.69) is 183 Å². The summed E-state index contributed by atoms with van der Waals surface area (Å²) in [4.78, 5) is 26.9. The van der Waals surface area contributed by atoms with Crippen LogP contribution in [0, 0.1) is 0 Å². The molecule has 0 saturated carbocycles. The Labute approximate surface area is 439 Å². The van der Waals surface area contributed by atoms with Crippen molar-refractivity contribution in [3.05, 3.63) is 170 Å². The van der Waals surface area contributed by atoms with Crippen molar-refractivity contribution < 1.29 is 27.9 Å². The maximum absolute atomic E-state index is 13.2. The number of unbranched alkanes of at least 4 members (excludes halogenated alkanes) is 1. The quantitative estimate of drug-likeness (QED) is 0.0531. The van der Waals surface area contributed by atoms with Crippen molar-refractivity contribution in [3.8, 4) is 0 Å². The molecule has 0 spiro atoms. The van der Waals surface area contributed by atoms with Crippen molar-refractivity contribution in [2.24, 2.45) is 0 Å². The Morgan fingerprint density at radius 3 is 1.68 bits per heavy atom. The zero-order chi connectivity index (χ0) is 52.0. The van der Waals surface area contributed by atoms with Crippen LogP contribution < -0.4 is 31.4 Å². The van der Waals surface area contributed by atoms with E-state index in [0.29, 0.717) is 42.2 Å². The van der Waals surface area contributed by atoms with Crippen LogP contribution in [0.15, 0.2) is 164 Å². The number of carbonyl (C=O) groups is 1. The summed E-state index contributed by atoms with van der Waals surface area (Å²) in [6.45, 7) is 20.0. The minimum atomic E-state index is -2.77. The number of rotatable bonds is 21. The highest BCUT2D eigenvalue weighted by Crippen LogP contribution is 2.45. The van der Waals surface area contributed by atoms with Crippen LogP contribution in [0.4, 0.5) is 5.82 Å². The Balaban J connectivity index is 0.934. The van der Waals surface area contributed by atoms with E-state index in [9.17, 15) is 4.79 Å². The molecule has 4 heterocycles. The van der Waals surface area contributed by atoms with Crippen LogP contribution in [0.2, 0.25) is 10.1 Å². The van der Waals surface area contributed by atoms with Gasteiger partial charge >= 0.3 is 0 Å². The average molecular weight is 1030 g/mol. The molecule has 5 aromatic carbocycles. The fourth-order valence-electron chi connectivity index (χ4n) is 11.4. The molecule has 1 amide bonds. The minimum absolute atomic E-state index is 0.0878. The Kier molecular flexibility index (Phi) is 16.3. The predicted octanol–water partition coefficient (Wildman–Crippen LogP) is 9.56. The SMILES string of the molecule is CC1(C)O[C@@H]2[C@H](O1)[C@@H](CCC(CCO[Si](c1ccccc1)(c1ccccc1)C(C)(C)C)NCCCCO[Si](c1ccccc1)(c1ccccc1)C(C)(C)C)O[C@H]2n1cnc2c(NC(=O)c3ccccc3)ncnc21. The Bertz CT molecular complexity index is 2820. The van der Waals surface area contributed by atoms with E-state index in [1.807, 2.05) is 36.6 Å². The molecule has 0 bridgehead atoms. The van der Waals surface area contributed by atoms with Crippen molar-refractivity contribution in [2.45, 2.75) is 134 Å². The lowest BCUT2D eigenvalue weighted by atomic mass is 10.0. The number of hydrogen-bond donors (Lipinski definition) is 2.